The summed E-state index contributed by atoms with van der Waals surface area (Å²) < 4.78 is 22.2. The van der Waals surface area contributed by atoms with Gasteiger partial charge in [0.1, 0.15) is 0 Å². The van der Waals surface area contributed by atoms with E-state index in [1.54, 1.807) is 6.08 Å². The van der Waals surface area contributed by atoms with E-state index in [9.17, 15) is 4.57 Å². The van der Waals surface area contributed by atoms with Gasteiger partial charge >= 0.3 is 7.60 Å². The summed E-state index contributed by atoms with van der Waals surface area (Å²) in [5, 5.41) is 0. The van der Waals surface area contributed by atoms with Gasteiger partial charge in [-0.15, -0.1) is 6.58 Å². The Morgan fingerprint density at radius 3 is 2.00 bits per heavy atom. The summed E-state index contributed by atoms with van der Waals surface area (Å²) in [6.45, 7) is 8.43. The second kappa shape index (κ2) is 7.31. The van der Waals surface area contributed by atoms with Gasteiger partial charge in [0.25, 0.3) is 0 Å². The van der Waals surface area contributed by atoms with Crippen molar-refractivity contribution >= 4 is 7.60 Å². The number of hydrogen-bond donors (Lipinski definition) is 0. The predicted octanol–water partition coefficient (Wildman–Crippen LogP) is 3.22. The summed E-state index contributed by atoms with van der Waals surface area (Å²) in [4.78, 5) is 0. The van der Waals surface area contributed by atoms with E-state index in [-0.39, 0.29) is 0 Å². The Labute approximate surface area is 80.7 Å². The van der Waals surface area contributed by atoms with Crippen LogP contribution in [0.3, 0.4) is 0 Å². The third-order valence-corrected chi connectivity index (χ3v) is 3.19. The van der Waals surface area contributed by atoms with Crippen molar-refractivity contribution in [2.24, 2.45) is 0 Å². The zero-order valence-corrected chi connectivity index (χ0v) is 9.39. The lowest BCUT2D eigenvalue weighted by atomic mass is 10.5. The summed E-state index contributed by atoms with van der Waals surface area (Å²) in [5.74, 6) is 0. The first kappa shape index (κ1) is 12.9. The molecule has 0 N–H and O–H groups in total. The third kappa shape index (κ3) is 6.03. The van der Waals surface area contributed by atoms with Crippen LogP contribution in [-0.2, 0) is 13.6 Å². The van der Waals surface area contributed by atoms with E-state index in [0.29, 0.717) is 19.4 Å². The van der Waals surface area contributed by atoms with Crippen LogP contribution >= 0.6 is 7.60 Å². The molecule has 3 nitrogen and oxygen atoms in total. The lowest BCUT2D eigenvalue weighted by Crippen LogP contribution is -2.00. The van der Waals surface area contributed by atoms with Gasteiger partial charge in [-0.2, -0.15) is 0 Å². The van der Waals surface area contributed by atoms with E-state index in [0.717, 1.165) is 12.8 Å². The van der Waals surface area contributed by atoms with Crippen LogP contribution in [0.25, 0.3) is 0 Å². The van der Waals surface area contributed by atoms with Crippen LogP contribution in [0.5, 0.6) is 0 Å². The molecule has 0 radical (unpaired) electrons. The molecule has 0 unspecified atom stereocenters. The molecule has 0 aliphatic carbocycles. The fourth-order valence-electron chi connectivity index (χ4n) is 0.762. The van der Waals surface area contributed by atoms with Crippen LogP contribution in [0.4, 0.5) is 0 Å². The monoisotopic (exact) mass is 206 g/mol. The predicted molar refractivity (Wildman–Crippen MR) is 55.2 cm³/mol. The first-order valence-corrected chi connectivity index (χ1v) is 6.40. The van der Waals surface area contributed by atoms with Gasteiger partial charge in [-0.1, -0.05) is 19.9 Å². The second-order valence-corrected chi connectivity index (χ2v) is 4.85. The zero-order chi connectivity index (χ0) is 10.2. The molecule has 0 saturated carbocycles. The molecule has 0 aromatic carbocycles. The molecular formula is C9H19O3P. The molecule has 0 aliphatic rings. The van der Waals surface area contributed by atoms with E-state index in [1.807, 2.05) is 13.8 Å². The van der Waals surface area contributed by atoms with Crippen LogP contribution in [0.2, 0.25) is 0 Å². The van der Waals surface area contributed by atoms with E-state index < -0.39 is 7.60 Å². The molecule has 0 aromatic heterocycles. The maximum atomic E-state index is 11.8. The molecule has 0 spiro atoms. The molecule has 0 heterocycles. The van der Waals surface area contributed by atoms with Gasteiger partial charge in [-0.3, -0.25) is 4.57 Å². The van der Waals surface area contributed by atoms with Crippen molar-refractivity contribution in [2.45, 2.75) is 26.7 Å². The summed E-state index contributed by atoms with van der Waals surface area (Å²) in [5.41, 5.74) is 0. The first-order chi connectivity index (χ1) is 6.18. The molecule has 0 amide bonds. The Morgan fingerprint density at radius 1 is 1.23 bits per heavy atom. The van der Waals surface area contributed by atoms with Crippen molar-refractivity contribution in [3.8, 4) is 0 Å². The highest BCUT2D eigenvalue weighted by Gasteiger charge is 2.21. The van der Waals surface area contributed by atoms with Crippen molar-refractivity contribution < 1.29 is 13.6 Å². The Kier molecular flexibility index (Phi) is 7.25. The minimum Gasteiger partial charge on any atom is -0.308 e. The molecule has 13 heavy (non-hydrogen) atoms. The second-order valence-electron chi connectivity index (χ2n) is 2.75. The van der Waals surface area contributed by atoms with E-state index in [2.05, 4.69) is 6.58 Å². The van der Waals surface area contributed by atoms with Crippen molar-refractivity contribution in [3.63, 3.8) is 0 Å². The fourth-order valence-corrected chi connectivity index (χ4v) is 2.28. The fraction of sp³-hybridized carbons (Fsp3) is 0.778. The SMILES string of the molecule is C=CCP(=O)(OCCC)OCCC. The van der Waals surface area contributed by atoms with Crippen molar-refractivity contribution in [1.29, 1.82) is 0 Å². The van der Waals surface area contributed by atoms with Gasteiger partial charge in [0.15, 0.2) is 0 Å². The van der Waals surface area contributed by atoms with Gasteiger partial charge in [-0.05, 0) is 12.8 Å². The highest BCUT2D eigenvalue weighted by atomic mass is 31.2. The molecule has 0 saturated heterocycles. The summed E-state index contributed by atoms with van der Waals surface area (Å²) in [7, 11) is -2.87. The summed E-state index contributed by atoms with van der Waals surface area (Å²) in [6, 6.07) is 0. The number of allylic oxidation sites excluding steroid dienone is 1. The van der Waals surface area contributed by atoms with Gasteiger partial charge in [0.2, 0.25) is 0 Å². The minimum absolute atomic E-state index is 0.299. The van der Waals surface area contributed by atoms with Crippen LogP contribution in [0.15, 0.2) is 12.7 Å². The topological polar surface area (TPSA) is 35.5 Å². The van der Waals surface area contributed by atoms with Gasteiger partial charge in [0, 0.05) is 0 Å². The Balaban J connectivity index is 3.99. The Bertz CT molecular complexity index is 168. The maximum absolute atomic E-state index is 11.8. The molecule has 0 aromatic rings. The average Bonchev–Trinajstić information content (AvgIpc) is 2.12. The van der Waals surface area contributed by atoms with Crippen molar-refractivity contribution in [3.05, 3.63) is 12.7 Å². The molecule has 78 valence electrons. The van der Waals surface area contributed by atoms with Gasteiger partial charge in [-0.25, -0.2) is 0 Å². The highest BCUT2D eigenvalue weighted by Crippen LogP contribution is 2.48. The Morgan fingerprint density at radius 2 is 1.69 bits per heavy atom. The number of hydrogen-bond acceptors (Lipinski definition) is 3. The standard InChI is InChI=1S/C9H19O3P/c1-4-7-11-13(10,9-6-3)12-8-5-2/h6H,3-5,7-9H2,1-2H3. The smallest absolute Gasteiger partial charge is 0.308 e. The van der Waals surface area contributed by atoms with Gasteiger partial charge in [0.05, 0.1) is 19.4 Å². The average molecular weight is 206 g/mol. The lowest BCUT2D eigenvalue weighted by molar-refractivity contribution is 0.206. The van der Waals surface area contributed by atoms with E-state index >= 15 is 0 Å². The minimum atomic E-state index is -2.87. The third-order valence-electron chi connectivity index (χ3n) is 1.34. The summed E-state index contributed by atoms with van der Waals surface area (Å²) >= 11 is 0. The van der Waals surface area contributed by atoms with Crippen molar-refractivity contribution in [1.82, 2.24) is 0 Å². The number of rotatable bonds is 8. The van der Waals surface area contributed by atoms with Crippen LogP contribution < -0.4 is 0 Å². The van der Waals surface area contributed by atoms with Crippen LogP contribution in [0.1, 0.15) is 26.7 Å². The molecule has 4 heteroatoms. The molecule has 0 aliphatic heterocycles. The summed E-state index contributed by atoms with van der Waals surface area (Å²) in [6.07, 6.45) is 3.56. The normalized spacial score (nSPS) is 11.5. The Hall–Kier alpha value is -0.110. The maximum Gasteiger partial charge on any atom is 0.334 e. The van der Waals surface area contributed by atoms with Crippen molar-refractivity contribution in [2.75, 3.05) is 19.4 Å². The molecule has 0 rings (SSSR count). The van der Waals surface area contributed by atoms with E-state index in [4.69, 9.17) is 9.05 Å². The highest BCUT2D eigenvalue weighted by molar-refractivity contribution is 7.54. The molecule has 0 fully saturated rings. The quantitative estimate of drug-likeness (QED) is 0.452. The van der Waals surface area contributed by atoms with E-state index in [1.165, 1.54) is 0 Å². The molecule has 0 bridgehead atoms. The molecule has 0 atom stereocenters. The van der Waals surface area contributed by atoms with Gasteiger partial charge < -0.3 is 9.05 Å². The largest absolute Gasteiger partial charge is 0.334 e. The first-order valence-electron chi connectivity index (χ1n) is 4.67. The van der Waals surface area contributed by atoms with Crippen LogP contribution in [0, 0.1) is 0 Å². The molecular weight excluding hydrogens is 187 g/mol. The zero-order valence-electron chi connectivity index (χ0n) is 8.49. The lowest BCUT2D eigenvalue weighted by Gasteiger charge is -2.16. The van der Waals surface area contributed by atoms with Crippen LogP contribution in [-0.4, -0.2) is 19.4 Å².